The highest BCUT2D eigenvalue weighted by molar-refractivity contribution is 14.1. The van der Waals surface area contributed by atoms with Gasteiger partial charge in [0.25, 0.3) is 11.5 Å². The summed E-state index contributed by atoms with van der Waals surface area (Å²) in [4.78, 5) is 26.9. The Morgan fingerprint density at radius 2 is 2.00 bits per heavy atom. The topological polar surface area (TPSA) is 62.0 Å². The van der Waals surface area contributed by atoms with E-state index < -0.39 is 5.91 Å². The van der Waals surface area contributed by atoms with Crippen LogP contribution in [0, 0.1) is 3.57 Å². The van der Waals surface area contributed by atoms with Gasteiger partial charge in [-0.25, -0.2) is 0 Å². The van der Waals surface area contributed by atoms with Crippen molar-refractivity contribution in [3.05, 3.63) is 61.6 Å². The third-order valence-electron chi connectivity index (χ3n) is 2.84. The average Bonchev–Trinajstić information content (AvgIpc) is 2.43. The van der Waals surface area contributed by atoms with E-state index in [1.54, 1.807) is 18.2 Å². The number of amides is 1. The third-order valence-corrected chi connectivity index (χ3v) is 3.81. The molecule has 0 fully saturated rings. The van der Waals surface area contributed by atoms with Crippen molar-refractivity contribution in [2.24, 2.45) is 0 Å². The number of aryl methyl sites for hydroxylation is 1. The number of carbonyl (C=O) groups is 1. The molecular weight excluding hydrogens is 367 g/mol. The molecule has 1 heterocycles. The van der Waals surface area contributed by atoms with Crippen LogP contribution in [0.4, 0.5) is 5.69 Å². The number of aromatic nitrogens is 1. The Hall–Kier alpha value is -1.63. The van der Waals surface area contributed by atoms with Crippen molar-refractivity contribution in [1.82, 2.24) is 4.98 Å². The highest BCUT2D eigenvalue weighted by atomic mass is 127. The number of rotatable bonds is 4. The quantitative estimate of drug-likeness (QED) is 0.798. The molecule has 0 aliphatic heterocycles. The van der Waals surface area contributed by atoms with Gasteiger partial charge in [0.05, 0.1) is 0 Å². The lowest BCUT2D eigenvalue weighted by Gasteiger charge is -2.07. The molecule has 0 spiro atoms. The molecule has 0 atom stereocenters. The minimum atomic E-state index is -0.390. The van der Waals surface area contributed by atoms with E-state index in [0.29, 0.717) is 5.69 Å². The van der Waals surface area contributed by atoms with Gasteiger partial charge in [-0.05, 0) is 47.2 Å². The van der Waals surface area contributed by atoms with E-state index in [1.165, 1.54) is 0 Å². The fraction of sp³-hybridized carbons (Fsp3) is 0.200. The van der Waals surface area contributed by atoms with Gasteiger partial charge in [0.1, 0.15) is 5.56 Å². The minimum Gasteiger partial charge on any atom is -0.324 e. The molecule has 0 aliphatic carbocycles. The van der Waals surface area contributed by atoms with Crippen molar-refractivity contribution in [1.29, 1.82) is 0 Å². The largest absolute Gasteiger partial charge is 0.324 e. The monoisotopic (exact) mass is 382 g/mol. The van der Waals surface area contributed by atoms with Gasteiger partial charge >= 0.3 is 0 Å². The van der Waals surface area contributed by atoms with E-state index in [-0.39, 0.29) is 11.1 Å². The Morgan fingerprint density at radius 1 is 1.30 bits per heavy atom. The number of benzene rings is 1. The number of nitrogens with one attached hydrogen (secondary N) is 2. The Balaban J connectivity index is 2.27. The van der Waals surface area contributed by atoms with Crippen molar-refractivity contribution < 1.29 is 4.79 Å². The van der Waals surface area contributed by atoms with Crippen LogP contribution in [0.1, 0.15) is 29.4 Å². The summed E-state index contributed by atoms with van der Waals surface area (Å²) in [6.07, 6.45) is 1.75. The number of hydrogen-bond acceptors (Lipinski definition) is 2. The van der Waals surface area contributed by atoms with Crippen LogP contribution in [-0.2, 0) is 6.42 Å². The van der Waals surface area contributed by atoms with Crippen molar-refractivity contribution in [2.75, 3.05) is 5.32 Å². The number of pyridine rings is 1. The molecule has 0 radical (unpaired) electrons. The lowest BCUT2D eigenvalue weighted by molar-refractivity contribution is 0.102. The van der Waals surface area contributed by atoms with E-state index in [9.17, 15) is 9.59 Å². The van der Waals surface area contributed by atoms with Crippen molar-refractivity contribution >= 4 is 34.2 Å². The van der Waals surface area contributed by atoms with Crippen LogP contribution in [0.25, 0.3) is 0 Å². The molecule has 5 heteroatoms. The van der Waals surface area contributed by atoms with Crippen LogP contribution in [-0.4, -0.2) is 10.9 Å². The zero-order chi connectivity index (χ0) is 14.5. The second kappa shape index (κ2) is 6.69. The van der Waals surface area contributed by atoms with Gasteiger partial charge in [-0.2, -0.15) is 0 Å². The fourth-order valence-corrected chi connectivity index (χ4v) is 2.58. The molecule has 0 bridgehead atoms. The van der Waals surface area contributed by atoms with Crippen molar-refractivity contribution in [3.8, 4) is 0 Å². The van der Waals surface area contributed by atoms with Crippen molar-refractivity contribution in [2.45, 2.75) is 19.8 Å². The molecule has 20 heavy (non-hydrogen) atoms. The van der Waals surface area contributed by atoms with E-state index in [0.717, 1.165) is 22.1 Å². The summed E-state index contributed by atoms with van der Waals surface area (Å²) in [6, 6.07) is 10.7. The Morgan fingerprint density at radius 3 is 2.65 bits per heavy atom. The molecule has 104 valence electrons. The van der Waals surface area contributed by atoms with E-state index in [4.69, 9.17) is 0 Å². The molecule has 0 saturated carbocycles. The second-order valence-corrected chi connectivity index (χ2v) is 5.57. The van der Waals surface area contributed by atoms with Gasteiger partial charge in [-0.1, -0.05) is 31.5 Å². The number of aromatic amines is 1. The number of halogens is 1. The number of H-pyrrole nitrogens is 1. The standard InChI is InChI=1S/C15H15IN2O2/c1-2-6-13-12(16)9-11(15(20)18-13)14(19)17-10-7-4-3-5-8-10/h3-5,7-9H,2,6H2,1H3,(H,17,19)(H,18,20). The molecule has 4 nitrogen and oxygen atoms in total. The number of carbonyl (C=O) groups excluding carboxylic acids is 1. The highest BCUT2D eigenvalue weighted by Gasteiger charge is 2.13. The summed E-state index contributed by atoms with van der Waals surface area (Å²) in [5, 5.41) is 2.72. The van der Waals surface area contributed by atoms with Gasteiger partial charge in [0.15, 0.2) is 0 Å². The van der Waals surface area contributed by atoms with E-state index in [2.05, 4.69) is 32.9 Å². The third kappa shape index (κ3) is 3.47. The maximum atomic E-state index is 12.1. The van der Waals surface area contributed by atoms with Crippen LogP contribution in [0.5, 0.6) is 0 Å². The number of para-hydroxylation sites is 1. The molecule has 0 aliphatic rings. The summed E-state index contributed by atoms with van der Waals surface area (Å²) in [7, 11) is 0. The second-order valence-electron chi connectivity index (χ2n) is 4.41. The maximum absolute atomic E-state index is 12.1. The predicted octanol–water partition coefficient (Wildman–Crippen LogP) is 3.18. The first-order valence-corrected chi connectivity index (χ1v) is 7.47. The average molecular weight is 382 g/mol. The van der Waals surface area contributed by atoms with E-state index in [1.807, 2.05) is 25.1 Å². The van der Waals surface area contributed by atoms with Crippen LogP contribution in [0.15, 0.2) is 41.2 Å². The normalized spacial score (nSPS) is 10.3. The molecule has 0 unspecified atom stereocenters. The van der Waals surface area contributed by atoms with Crippen LogP contribution in [0.2, 0.25) is 0 Å². The van der Waals surface area contributed by atoms with Gasteiger partial charge in [-0.15, -0.1) is 0 Å². The zero-order valence-electron chi connectivity index (χ0n) is 11.1. The predicted molar refractivity (Wildman–Crippen MR) is 88.2 cm³/mol. The Kier molecular flexibility index (Phi) is 4.94. The molecule has 1 amide bonds. The number of hydrogen-bond donors (Lipinski definition) is 2. The van der Waals surface area contributed by atoms with E-state index >= 15 is 0 Å². The smallest absolute Gasteiger partial charge is 0.261 e. The maximum Gasteiger partial charge on any atom is 0.261 e. The molecule has 2 rings (SSSR count). The highest BCUT2D eigenvalue weighted by Crippen LogP contribution is 2.13. The van der Waals surface area contributed by atoms with Gasteiger partial charge in [-0.3, -0.25) is 9.59 Å². The first kappa shape index (κ1) is 14.8. The summed E-state index contributed by atoms with van der Waals surface area (Å²) in [5.41, 5.74) is 1.35. The zero-order valence-corrected chi connectivity index (χ0v) is 13.2. The lowest BCUT2D eigenvalue weighted by atomic mass is 10.2. The Labute approximate surface area is 130 Å². The molecule has 0 saturated heterocycles. The SMILES string of the molecule is CCCc1[nH]c(=O)c(C(=O)Nc2ccccc2)cc1I. The summed E-state index contributed by atoms with van der Waals surface area (Å²) in [6.45, 7) is 2.05. The number of anilines is 1. The first-order chi connectivity index (χ1) is 9.61. The van der Waals surface area contributed by atoms with Crippen LogP contribution in [0.3, 0.4) is 0 Å². The van der Waals surface area contributed by atoms with Crippen LogP contribution < -0.4 is 10.9 Å². The molecule has 1 aromatic carbocycles. The fourth-order valence-electron chi connectivity index (χ4n) is 1.86. The first-order valence-electron chi connectivity index (χ1n) is 6.40. The van der Waals surface area contributed by atoms with Gasteiger partial charge < -0.3 is 10.3 Å². The molecule has 2 N–H and O–H groups in total. The Bertz CT molecular complexity index is 665. The van der Waals surface area contributed by atoms with Gasteiger partial charge in [0, 0.05) is 15.0 Å². The lowest BCUT2D eigenvalue weighted by Crippen LogP contribution is -2.24. The molecule has 2 aromatic rings. The van der Waals surface area contributed by atoms with Crippen LogP contribution >= 0.6 is 22.6 Å². The van der Waals surface area contributed by atoms with Crippen molar-refractivity contribution in [3.63, 3.8) is 0 Å². The minimum absolute atomic E-state index is 0.137. The summed E-state index contributed by atoms with van der Waals surface area (Å²) < 4.78 is 0.905. The summed E-state index contributed by atoms with van der Waals surface area (Å²) >= 11 is 2.14. The molecule has 1 aromatic heterocycles. The molecular formula is C15H15IN2O2. The summed E-state index contributed by atoms with van der Waals surface area (Å²) in [5.74, 6) is -0.390. The van der Waals surface area contributed by atoms with Gasteiger partial charge in [0.2, 0.25) is 0 Å².